The standard InChI is InChI=1S/C14H16Cl2N4O/c1-2-19(13(21)6-3-7-15)12-10-20(18-14(12)16)11-5-4-8-17-9-11/h4-5,8-10H,2-3,6-7H2,1H3. The number of hydrogen-bond acceptors (Lipinski definition) is 3. The van der Waals surface area contributed by atoms with E-state index >= 15 is 0 Å². The molecule has 0 aliphatic rings. The Hall–Kier alpha value is -1.59. The van der Waals surface area contributed by atoms with Crippen molar-refractivity contribution in [3.8, 4) is 5.69 Å². The van der Waals surface area contributed by atoms with Crippen molar-refractivity contribution in [1.29, 1.82) is 0 Å². The van der Waals surface area contributed by atoms with Crippen molar-refractivity contribution in [2.75, 3.05) is 17.3 Å². The van der Waals surface area contributed by atoms with Gasteiger partial charge in [-0.05, 0) is 25.5 Å². The van der Waals surface area contributed by atoms with Crippen molar-refractivity contribution in [2.45, 2.75) is 19.8 Å². The Morgan fingerprint density at radius 2 is 2.29 bits per heavy atom. The topological polar surface area (TPSA) is 51.0 Å². The van der Waals surface area contributed by atoms with Gasteiger partial charge in [-0.3, -0.25) is 9.78 Å². The lowest BCUT2D eigenvalue weighted by atomic mass is 10.3. The molecule has 2 aromatic rings. The third-order valence-electron chi connectivity index (χ3n) is 2.99. The highest BCUT2D eigenvalue weighted by Crippen LogP contribution is 2.26. The first-order valence-electron chi connectivity index (χ1n) is 6.69. The van der Waals surface area contributed by atoms with E-state index in [2.05, 4.69) is 10.1 Å². The minimum absolute atomic E-state index is 0.00853. The Balaban J connectivity index is 2.27. The number of carbonyl (C=O) groups excluding carboxylic acids is 1. The Morgan fingerprint density at radius 1 is 1.48 bits per heavy atom. The number of pyridine rings is 1. The fraction of sp³-hybridized carbons (Fsp3) is 0.357. The van der Waals surface area contributed by atoms with E-state index in [0.717, 1.165) is 5.69 Å². The third-order valence-corrected chi connectivity index (χ3v) is 3.53. The van der Waals surface area contributed by atoms with Crippen LogP contribution in [-0.4, -0.2) is 33.1 Å². The van der Waals surface area contributed by atoms with Crippen LogP contribution in [0.25, 0.3) is 5.69 Å². The summed E-state index contributed by atoms with van der Waals surface area (Å²) in [6.45, 7) is 2.43. The molecule has 0 spiro atoms. The van der Waals surface area contributed by atoms with Gasteiger partial charge in [0.25, 0.3) is 0 Å². The second-order valence-electron chi connectivity index (χ2n) is 4.39. The van der Waals surface area contributed by atoms with E-state index in [4.69, 9.17) is 23.2 Å². The van der Waals surface area contributed by atoms with E-state index in [9.17, 15) is 4.79 Å². The molecule has 0 aliphatic heterocycles. The third kappa shape index (κ3) is 3.74. The number of amides is 1. The molecule has 0 unspecified atom stereocenters. The van der Waals surface area contributed by atoms with E-state index in [0.29, 0.717) is 36.1 Å². The predicted molar refractivity (Wildman–Crippen MR) is 84.4 cm³/mol. The summed E-state index contributed by atoms with van der Waals surface area (Å²) >= 11 is 11.8. The lowest BCUT2D eigenvalue weighted by Gasteiger charge is -2.19. The molecule has 2 heterocycles. The number of nitrogens with zero attached hydrogens (tertiary/aromatic N) is 4. The maximum Gasteiger partial charge on any atom is 0.227 e. The molecule has 2 rings (SSSR count). The lowest BCUT2D eigenvalue weighted by Crippen LogP contribution is -2.30. The van der Waals surface area contributed by atoms with Crippen molar-refractivity contribution in [3.05, 3.63) is 35.9 Å². The molecule has 5 nitrogen and oxygen atoms in total. The summed E-state index contributed by atoms with van der Waals surface area (Å²) in [7, 11) is 0. The zero-order chi connectivity index (χ0) is 15.2. The van der Waals surface area contributed by atoms with Gasteiger partial charge in [0.2, 0.25) is 5.91 Å². The predicted octanol–water partition coefficient (Wildman–Crippen LogP) is 3.29. The molecule has 112 valence electrons. The molecular weight excluding hydrogens is 311 g/mol. The van der Waals surface area contributed by atoms with Gasteiger partial charge < -0.3 is 4.90 Å². The van der Waals surface area contributed by atoms with Gasteiger partial charge in [-0.2, -0.15) is 5.10 Å². The molecule has 0 atom stereocenters. The first kappa shape index (κ1) is 15.8. The van der Waals surface area contributed by atoms with Crippen molar-refractivity contribution in [3.63, 3.8) is 0 Å². The fourth-order valence-corrected chi connectivity index (χ4v) is 2.35. The summed E-state index contributed by atoms with van der Waals surface area (Å²) in [6, 6.07) is 3.68. The molecule has 0 saturated heterocycles. The van der Waals surface area contributed by atoms with Crippen LogP contribution >= 0.6 is 23.2 Å². The molecule has 0 aromatic carbocycles. The van der Waals surface area contributed by atoms with Crippen LogP contribution in [0, 0.1) is 0 Å². The van der Waals surface area contributed by atoms with E-state index in [-0.39, 0.29) is 5.91 Å². The average Bonchev–Trinajstić information content (AvgIpc) is 2.89. The Labute approximate surface area is 133 Å². The molecule has 0 radical (unpaired) electrons. The number of anilines is 1. The summed E-state index contributed by atoms with van der Waals surface area (Å²) in [6.07, 6.45) is 6.14. The molecule has 0 aliphatic carbocycles. The Morgan fingerprint density at radius 3 is 2.90 bits per heavy atom. The minimum Gasteiger partial charge on any atom is -0.309 e. The number of hydrogen-bond donors (Lipinski definition) is 0. The average molecular weight is 327 g/mol. The van der Waals surface area contributed by atoms with Crippen LogP contribution in [0.5, 0.6) is 0 Å². The van der Waals surface area contributed by atoms with E-state index in [1.165, 1.54) is 0 Å². The second-order valence-corrected chi connectivity index (χ2v) is 5.13. The summed E-state index contributed by atoms with van der Waals surface area (Å²) in [5.74, 6) is 0.456. The van der Waals surface area contributed by atoms with Gasteiger partial charge in [0.15, 0.2) is 5.15 Å². The number of aromatic nitrogens is 3. The summed E-state index contributed by atoms with van der Waals surface area (Å²) < 4.78 is 1.61. The van der Waals surface area contributed by atoms with Crippen LogP contribution in [0.4, 0.5) is 5.69 Å². The zero-order valence-electron chi connectivity index (χ0n) is 11.7. The zero-order valence-corrected chi connectivity index (χ0v) is 13.2. The maximum atomic E-state index is 12.2. The fourth-order valence-electron chi connectivity index (χ4n) is 1.98. The smallest absolute Gasteiger partial charge is 0.227 e. The first-order valence-corrected chi connectivity index (χ1v) is 7.60. The monoisotopic (exact) mass is 326 g/mol. The molecule has 1 amide bonds. The highest BCUT2D eigenvalue weighted by Gasteiger charge is 2.19. The largest absolute Gasteiger partial charge is 0.309 e. The van der Waals surface area contributed by atoms with Gasteiger partial charge in [-0.1, -0.05) is 11.6 Å². The van der Waals surface area contributed by atoms with Crippen LogP contribution in [-0.2, 0) is 4.79 Å². The van der Waals surface area contributed by atoms with Crippen LogP contribution in [0.2, 0.25) is 5.15 Å². The van der Waals surface area contributed by atoms with E-state index in [1.807, 2.05) is 19.1 Å². The van der Waals surface area contributed by atoms with Gasteiger partial charge in [0.05, 0.1) is 18.1 Å². The van der Waals surface area contributed by atoms with Crippen molar-refractivity contribution in [2.24, 2.45) is 0 Å². The van der Waals surface area contributed by atoms with Gasteiger partial charge in [0.1, 0.15) is 5.69 Å². The SMILES string of the molecule is CCN(C(=O)CCCCl)c1cn(-c2cccnc2)nc1Cl. The number of rotatable bonds is 6. The molecular formula is C14H16Cl2N4O. The molecule has 21 heavy (non-hydrogen) atoms. The Bertz CT molecular complexity index is 600. The molecule has 2 aromatic heterocycles. The van der Waals surface area contributed by atoms with E-state index < -0.39 is 0 Å². The molecule has 0 saturated carbocycles. The van der Waals surface area contributed by atoms with Crippen LogP contribution in [0.3, 0.4) is 0 Å². The second kappa shape index (κ2) is 7.43. The van der Waals surface area contributed by atoms with Gasteiger partial charge >= 0.3 is 0 Å². The van der Waals surface area contributed by atoms with Crippen LogP contribution in [0.15, 0.2) is 30.7 Å². The van der Waals surface area contributed by atoms with Gasteiger partial charge in [-0.25, -0.2) is 4.68 Å². The van der Waals surface area contributed by atoms with Crippen molar-refractivity contribution >= 4 is 34.8 Å². The minimum atomic E-state index is -0.00853. The van der Waals surface area contributed by atoms with E-state index in [1.54, 1.807) is 28.2 Å². The highest BCUT2D eigenvalue weighted by molar-refractivity contribution is 6.32. The lowest BCUT2D eigenvalue weighted by molar-refractivity contribution is -0.118. The summed E-state index contributed by atoms with van der Waals surface area (Å²) in [5, 5.41) is 4.53. The molecule has 0 fully saturated rings. The van der Waals surface area contributed by atoms with Crippen LogP contribution < -0.4 is 4.90 Å². The number of halogens is 2. The number of carbonyl (C=O) groups is 1. The van der Waals surface area contributed by atoms with Crippen LogP contribution in [0.1, 0.15) is 19.8 Å². The normalized spacial score (nSPS) is 10.6. The van der Waals surface area contributed by atoms with Crippen molar-refractivity contribution < 1.29 is 4.79 Å². The van der Waals surface area contributed by atoms with Crippen molar-refractivity contribution in [1.82, 2.24) is 14.8 Å². The summed E-state index contributed by atoms with van der Waals surface area (Å²) in [4.78, 5) is 17.9. The first-order chi connectivity index (χ1) is 10.2. The summed E-state index contributed by atoms with van der Waals surface area (Å²) in [5.41, 5.74) is 1.39. The Kier molecular flexibility index (Phi) is 5.59. The molecule has 0 N–H and O–H groups in total. The maximum absolute atomic E-state index is 12.2. The molecule has 7 heteroatoms. The van der Waals surface area contributed by atoms with Gasteiger partial charge in [0, 0.05) is 25.0 Å². The highest BCUT2D eigenvalue weighted by atomic mass is 35.5. The van der Waals surface area contributed by atoms with Gasteiger partial charge in [-0.15, -0.1) is 11.6 Å². The quantitative estimate of drug-likeness (QED) is 0.765. The molecule has 0 bridgehead atoms. The number of alkyl halides is 1.